The summed E-state index contributed by atoms with van der Waals surface area (Å²) in [5, 5.41) is 0. The molecular weight excluding hydrogens is 602 g/mol. The normalized spacial score (nSPS) is 20.0. The minimum absolute atomic E-state index is 0.00341. The minimum Gasteiger partial charge on any atom is -0.432 e. The number of benzene rings is 2. The second-order valence-electron chi connectivity index (χ2n) is 10.7. The number of likely N-dealkylation sites (tertiary alicyclic amines) is 1. The van der Waals surface area contributed by atoms with Crippen molar-refractivity contribution in [3.05, 3.63) is 70.8 Å². The van der Waals surface area contributed by atoms with E-state index in [2.05, 4.69) is 0 Å². The first-order valence-corrected chi connectivity index (χ1v) is 13.8. The lowest BCUT2D eigenvalue weighted by molar-refractivity contribution is -0.286. The van der Waals surface area contributed by atoms with Crippen molar-refractivity contribution < 1.29 is 59.7 Å². The lowest BCUT2D eigenvalue weighted by Crippen LogP contribution is -2.63. The highest BCUT2D eigenvalue weighted by molar-refractivity contribution is 6.31. The molecule has 0 N–H and O–H groups in total. The third kappa shape index (κ3) is 5.82. The van der Waals surface area contributed by atoms with Gasteiger partial charge in [-0.25, -0.2) is 19.3 Å². The summed E-state index contributed by atoms with van der Waals surface area (Å²) in [6.45, 7) is 2.77. The van der Waals surface area contributed by atoms with Gasteiger partial charge in [0.05, 0.1) is 11.1 Å². The van der Waals surface area contributed by atoms with Crippen LogP contribution < -0.4 is 0 Å². The molecule has 3 saturated heterocycles. The topological polar surface area (TPSA) is 94.6 Å². The number of piperidine rings is 1. The number of alkyl halides is 6. The summed E-state index contributed by atoms with van der Waals surface area (Å²) < 4.78 is 103. The molecule has 2 aromatic carbocycles. The summed E-state index contributed by atoms with van der Waals surface area (Å²) in [5.74, 6) is -4.45. The summed E-state index contributed by atoms with van der Waals surface area (Å²) in [6.07, 6.45) is -10.6. The van der Waals surface area contributed by atoms with E-state index >= 15 is 0 Å². The smallest absolute Gasteiger partial charge is 0.422 e. The van der Waals surface area contributed by atoms with E-state index in [-0.39, 0.29) is 37.1 Å². The molecular formula is C29H28F6N2O7. The molecule has 3 heterocycles. The molecule has 15 heteroatoms. The number of amides is 1. The molecule has 0 saturated carbocycles. The van der Waals surface area contributed by atoms with Crippen molar-refractivity contribution >= 4 is 18.0 Å². The van der Waals surface area contributed by atoms with Crippen LogP contribution in [-0.4, -0.2) is 72.1 Å². The van der Waals surface area contributed by atoms with Gasteiger partial charge in [-0.1, -0.05) is 24.3 Å². The molecule has 44 heavy (non-hydrogen) atoms. The lowest BCUT2D eigenvalue weighted by Gasteiger charge is -2.43. The largest absolute Gasteiger partial charge is 0.432 e. The molecule has 0 bridgehead atoms. The van der Waals surface area contributed by atoms with Crippen molar-refractivity contribution in [1.82, 2.24) is 9.80 Å². The fraction of sp³-hybridized carbons (Fsp3) is 0.483. The summed E-state index contributed by atoms with van der Waals surface area (Å²) in [6, 6.07) is 8.53. The highest BCUT2D eigenvalue weighted by atomic mass is 19.4. The van der Waals surface area contributed by atoms with E-state index in [1.165, 1.54) is 24.3 Å². The Kier molecular flexibility index (Phi) is 8.31. The van der Waals surface area contributed by atoms with E-state index < -0.39 is 59.1 Å². The maximum atomic E-state index is 13.4. The van der Waals surface area contributed by atoms with Gasteiger partial charge in [-0.15, -0.1) is 0 Å². The van der Waals surface area contributed by atoms with Gasteiger partial charge >= 0.3 is 36.3 Å². The minimum atomic E-state index is -4.66. The van der Waals surface area contributed by atoms with Gasteiger partial charge in [-0.3, -0.25) is 0 Å². The Labute approximate surface area is 247 Å². The van der Waals surface area contributed by atoms with Gasteiger partial charge in [0.15, 0.2) is 0 Å². The number of rotatable bonds is 8. The quantitative estimate of drug-likeness (QED) is 0.168. The van der Waals surface area contributed by atoms with E-state index in [1.54, 1.807) is 6.92 Å². The number of nitrogens with zero attached hydrogens (tertiary/aromatic N) is 2. The molecule has 3 aliphatic heterocycles. The Morgan fingerprint density at radius 1 is 0.841 bits per heavy atom. The summed E-state index contributed by atoms with van der Waals surface area (Å²) in [4.78, 5) is 39.5. The number of esters is 2. The molecule has 0 unspecified atom stereocenters. The zero-order valence-electron chi connectivity index (χ0n) is 23.4. The van der Waals surface area contributed by atoms with Crippen LogP contribution in [0.25, 0.3) is 0 Å². The van der Waals surface area contributed by atoms with Gasteiger partial charge in [0, 0.05) is 45.6 Å². The number of hydrogen-bond donors (Lipinski definition) is 0. The Balaban J connectivity index is 1.25. The third-order valence-corrected chi connectivity index (χ3v) is 7.98. The van der Waals surface area contributed by atoms with Gasteiger partial charge in [0.25, 0.3) is 0 Å². The van der Waals surface area contributed by atoms with E-state index in [1.807, 2.05) is 4.90 Å². The third-order valence-electron chi connectivity index (χ3n) is 7.98. The number of carbonyl (C=O) groups is 3. The van der Waals surface area contributed by atoms with Gasteiger partial charge < -0.3 is 23.8 Å². The molecule has 238 valence electrons. The second-order valence-corrected chi connectivity index (χ2v) is 10.7. The molecule has 9 nitrogen and oxygen atoms in total. The van der Waals surface area contributed by atoms with Crippen LogP contribution >= 0.6 is 0 Å². The maximum Gasteiger partial charge on any atom is 0.422 e. The first-order valence-electron chi connectivity index (χ1n) is 13.8. The van der Waals surface area contributed by atoms with Crippen LogP contribution in [0.3, 0.4) is 0 Å². The predicted octanol–water partition coefficient (Wildman–Crippen LogP) is 5.28. The zero-order chi connectivity index (χ0) is 31.9. The van der Waals surface area contributed by atoms with Crippen LogP contribution in [0.15, 0.2) is 48.5 Å². The number of fused-ring (bicyclic) bond motifs is 1. The predicted molar refractivity (Wildman–Crippen MR) is 137 cm³/mol. The molecule has 0 aromatic heterocycles. The van der Waals surface area contributed by atoms with Gasteiger partial charge in [0.1, 0.15) is 6.10 Å². The number of likely N-dealkylation sites (N-methyl/N-ethyl adjacent to an activating group) is 1. The first-order chi connectivity index (χ1) is 20.7. The van der Waals surface area contributed by atoms with Crippen molar-refractivity contribution in [3.63, 3.8) is 0 Å². The van der Waals surface area contributed by atoms with Gasteiger partial charge in [0.2, 0.25) is 5.60 Å². The molecule has 2 spiro atoms. The molecule has 5 rings (SSSR count). The van der Waals surface area contributed by atoms with Crippen molar-refractivity contribution in [2.24, 2.45) is 0 Å². The summed E-state index contributed by atoms with van der Waals surface area (Å²) >= 11 is 0. The fourth-order valence-corrected chi connectivity index (χ4v) is 5.83. The molecule has 0 radical (unpaired) electrons. The van der Waals surface area contributed by atoms with Gasteiger partial charge in [-0.2, -0.15) is 26.3 Å². The van der Waals surface area contributed by atoms with Crippen molar-refractivity contribution in [1.29, 1.82) is 0 Å². The average molecular weight is 631 g/mol. The first kappa shape index (κ1) is 31.6. The Morgan fingerprint density at radius 3 is 1.84 bits per heavy atom. The molecule has 2 aromatic rings. The molecule has 3 aliphatic rings. The van der Waals surface area contributed by atoms with Crippen LogP contribution in [0.1, 0.15) is 54.5 Å². The van der Waals surface area contributed by atoms with E-state index in [9.17, 15) is 40.7 Å². The van der Waals surface area contributed by atoms with Crippen molar-refractivity contribution in [2.75, 3.05) is 32.8 Å². The second kappa shape index (κ2) is 11.6. The van der Waals surface area contributed by atoms with E-state index in [0.717, 1.165) is 29.2 Å². The summed E-state index contributed by atoms with van der Waals surface area (Å²) in [5.41, 5.74) is -3.22. The number of halogens is 6. The highest BCUT2D eigenvalue weighted by Gasteiger charge is 2.75. The average Bonchev–Trinajstić information content (AvgIpc) is 3.38. The number of hydrogen-bond acceptors (Lipinski definition) is 8. The maximum absolute atomic E-state index is 13.4. The number of carbonyl (C=O) groups excluding carboxylic acids is 3. The SMILES string of the molecule is CCN1C(=O)OC2(CCN(CCCOC(c3cccc(C(F)(F)F)c3)c3cccc(C(F)(F)F)c3)CC2)C12OC(=O)C(=O)O2. The molecule has 3 fully saturated rings. The Morgan fingerprint density at radius 2 is 1.36 bits per heavy atom. The van der Waals surface area contributed by atoms with Crippen LogP contribution in [-0.2, 0) is 40.9 Å². The van der Waals surface area contributed by atoms with Crippen LogP contribution in [0.2, 0.25) is 0 Å². The van der Waals surface area contributed by atoms with E-state index in [0.29, 0.717) is 26.1 Å². The van der Waals surface area contributed by atoms with Crippen molar-refractivity contribution in [3.8, 4) is 0 Å². The Bertz CT molecular complexity index is 1350. The van der Waals surface area contributed by atoms with Crippen LogP contribution in [0, 0.1) is 0 Å². The van der Waals surface area contributed by atoms with Crippen LogP contribution in [0.4, 0.5) is 31.1 Å². The monoisotopic (exact) mass is 630 g/mol. The molecule has 1 amide bonds. The van der Waals surface area contributed by atoms with Crippen LogP contribution in [0.5, 0.6) is 0 Å². The summed E-state index contributed by atoms with van der Waals surface area (Å²) in [7, 11) is 0. The zero-order valence-corrected chi connectivity index (χ0v) is 23.4. The fourth-order valence-electron chi connectivity index (χ4n) is 5.83. The van der Waals surface area contributed by atoms with Crippen molar-refractivity contribution in [2.45, 2.75) is 56.2 Å². The standard InChI is InChI=1S/C29H28F6N2O7/c1-2-37-25(40)44-26(29(37)42-23(38)24(39)43-29)10-13-36(14-11-26)12-5-15-41-22(18-6-3-8-20(16-18)27(30,31)32)19-7-4-9-21(17-19)28(33,34)35/h3-4,6-9,16-17,22H,2,5,10-15H2,1H3. The van der Waals surface area contributed by atoms with E-state index in [4.69, 9.17) is 18.9 Å². The molecule has 0 atom stereocenters. The highest BCUT2D eigenvalue weighted by Crippen LogP contribution is 2.50. The molecule has 0 aliphatic carbocycles. The lowest BCUT2D eigenvalue weighted by atomic mass is 9.87. The van der Waals surface area contributed by atoms with Gasteiger partial charge in [-0.05, 0) is 48.7 Å². The Hall–Kier alpha value is -3.85. The number of ether oxygens (including phenoxy) is 4.